The fraction of sp³-hybridized carbons (Fsp3) is 0.462. The number of carbonyl (C=O) groups is 2. The molecule has 0 radical (unpaired) electrons. The molecule has 0 bridgehead atoms. The molecule has 2 N–H and O–H groups in total. The van der Waals surface area contributed by atoms with E-state index < -0.39 is 0 Å². The van der Waals surface area contributed by atoms with Crippen molar-refractivity contribution in [3.05, 3.63) is 71.8 Å². The molecule has 2 aromatic carbocycles. The molecule has 2 amide bonds. The van der Waals surface area contributed by atoms with Crippen LogP contribution in [-0.2, 0) is 4.79 Å². The Kier molecular flexibility index (Phi) is 7.67. The maximum absolute atomic E-state index is 13.1. The molecule has 3 rings (SSSR count). The lowest BCUT2D eigenvalue weighted by atomic mass is 9.70. The Morgan fingerprint density at radius 1 is 0.967 bits per heavy atom. The first kappa shape index (κ1) is 22.1. The highest BCUT2D eigenvalue weighted by Gasteiger charge is 2.35. The second-order valence-electron chi connectivity index (χ2n) is 8.98. The van der Waals surface area contributed by atoms with E-state index >= 15 is 0 Å². The summed E-state index contributed by atoms with van der Waals surface area (Å²) in [5.41, 5.74) is 1.60. The van der Waals surface area contributed by atoms with Crippen LogP contribution in [0.5, 0.6) is 0 Å². The van der Waals surface area contributed by atoms with E-state index in [0.717, 1.165) is 18.4 Å². The first-order valence-corrected chi connectivity index (χ1v) is 11.1. The minimum atomic E-state index is -0.277. The summed E-state index contributed by atoms with van der Waals surface area (Å²) < 4.78 is 0. The van der Waals surface area contributed by atoms with Crippen molar-refractivity contribution in [1.29, 1.82) is 0 Å². The number of nitrogens with one attached hydrogen (secondary N) is 2. The highest BCUT2D eigenvalue weighted by Crippen LogP contribution is 2.38. The molecule has 0 aliphatic heterocycles. The molecule has 1 fully saturated rings. The number of amides is 2. The number of rotatable bonds is 7. The summed E-state index contributed by atoms with van der Waals surface area (Å²) in [7, 11) is 0. The van der Waals surface area contributed by atoms with Crippen molar-refractivity contribution in [3.63, 3.8) is 0 Å². The van der Waals surface area contributed by atoms with Crippen molar-refractivity contribution < 1.29 is 9.59 Å². The summed E-state index contributed by atoms with van der Waals surface area (Å²) in [5, 5.41) is 6.26. The zero-order chi connectivity index (χ0) is 21.5. The van der Waals surface area contributed by atoms with Gasteiger partial charge in [-0.1, -0.05) is 75.7 Å². The molecule has 4 nitrogen and oxygen atoms in total. The molecule has 1 aliphatic rings. The molecule has 4 heteroatoms. The molecule has 0 unspecified atom stereocenters. The second-order valence-corrected chi connectivity index (χ2v) is 8.98. The standard InChI is InChI=1S/C26H34N2O2/c1-18(2)22-15-14-19(3)16-23(22)26(30)27-17-24(20-10-6-4-7-11-20)28-25(29)21-12-8-5-9-13-21/h4-13,18-19,22-24H,14-17H2,1-3H3,(H,27,30)(H,28,29)/t19-,22+,23-,24-/m1/s1. The van der Waals surface area contributed by atoms with E-state index in [1.54, 1.807) is 12.1 Å². The molecule has 1 aliphatic carbocycles. The van der Waals surface area contributed by atoms with Crippen LogP contribution in [0.3, 0.4) is 0 Å². The first-order chi connectivity index (χ1) is 14.5. The first-order valence-electron chi connectivity index (χ1n) is 11.1. The van der Waals surface area contributed by atoms with Crippen molar-refractivity contribution in [2.75, 3.05) is 6.54 Å². The number of benzene rings is 2. The molecule has 30 heavy (non-hydrogen) atoms. The molecular weight excluding hydrogens is 372 g/mol. The topological polar surface area (TPSA) is 58.2 Å². The van der Waals surface area contributed by atoms with E-state index in [1.807, 2.05) is 48.5 Å². The molecule has 0 heterocycles. The summed E-state index contributed by atoms with van der Waals surface area (Å²) in [6, 6.07) is 18.8. The monoisotopic (exact) mass is 406 g/mol. The quantitative estimate of drug-likeness (QED) is 0.681. The Hall–Kier alpha value is -2.62. The minimum absolute atomic E-state index is 0.0509. The van der Waals surface area contributed by atoms with Gasteiger partial charge in [-0.25, -0.2) is 0 Å². The van der Waals surface area contributed by atoms with Gasteiger partial charge in [0.15, 0.2) is 0 Å². The van der Waals surface area contributed by atoms with Crippen molar-refractivity contribution in [3.8, 4) is 0 Å². The fourth-order valence-electron chi connectivity index (χ4n) is 4.61. The van der Waals surface area contributed by atoms with Crippen molar-refractivity contribution in [2.45, 2.75) is 46.1 Å². The maximum Gasteiger partial charge on any atom is 0.251 e. The van der Waals surface area contributed by atoms with E-state index in [1.165, 1.54) is 6.42 Å². The van der Waals surface area contributed by atoms with Crippen molar-refractivity contribution in [2.24, 2.45) is 23.7 Å². The van der Waals surface area contributed by atoms with E-state index in [9.17, 15) is 9.59 Å². The number of hydrogen-bond acceptors (Lipinski definition) is 2. The summed E-state index contributed by atoms with van der Waals surface area (Å²) in [5.74, 6) is 1.54. The Balaban J connectivity index is 1.70. The summed E-state index contributed by atoms with van der Waals surface area (Å²) in [6.45, 7) is 7.06. The molecule has 0 saturated heterocycles. The van der Waals surface area contributed by atoms with Crippen LogP contribution in [0.25, 0.3) is 0 Å². The average Bonchev–Trinajstić information content (AvgIpc) is 2.77. The Bertz CT molecular complexity index is 819. The minimum Gasteiger partial charge on any atom is -0.353 e. The molecular formula is C26H34N2O2. The van der Waals surface area contributed by atoms with Crippen LogP contribution in [0.2, 0.25) is 0 Å². The van der Waals surface area contributed by atoms with Gasteiger partial charge in [-0.05, 0) is 48.3 Å². The Morgan fingerprint density at radius 2 is 1.60 bits per heavy atom. The van der Waals surface area contributed by atoms with Crippen molar-refractivity contribution in [1.82, 2.24) is 10.6 Å². The summed E-state index contributed by atoms with van der Waals surface area (Å²) in [6.07, 6.45) is 3.26. The lowest BCUT2D eigenvalue weighted by molar-refractivity contribution is -0.129. The van der Waals surface area contributed by atoms with E-state index in [0.29, 0.717) is 29.9 Å². The van der Waals surface area contributed by atoms with Gasteiger partial charge in [-0.2, -0.15) is 0 Å². The van der Waals surface area contributed by atoms with Gasteiger partial charge in [0.05, 0.1) is 6.04 Å². The van der Waals surface area contributed by atoms with Crippen LogP contribution < -0.4 is 10.6 Å². The number of hydrogen-bond donors (Lipinski definition) is 2. The van der Waals surface area contributed by atoms with Gasteiger partial charge in [0.1, 0.15) is 0 Å². The van der Waals surface area contributed by atoms with Crippen LogP contribution >= 0.6 is 0 Å². The fourth-order valence-corrected chi connectivity index (χ4v) is 4.61. The van der Waals surface area contributed by atoms with E-state index in [4.69, 9.17) is 0 Å². The van der Waals surface area contributed by atoms with Crippen LogP contribution in [0.15, 0.2) is 60.7 Å². The Labute approximate surface area is 180 Å². The predicted octanol–water partition coefficient (Wildman–Crippen LogP) is 4.98. The SMILES string of the molecule is CC(C)[C@@H]1CC[C@@H](C)C[C@H]1C(=O)NC[C@@H](NC(=O)c1ccccc1)c1ccccc1. The molecule has 160 valence electrons. The van der Waals surface area contributed by atoms with Crippen LogP contribution in [0.1, 0.15) is 62.0 Å². The van der Waals surface area contributed by atoms with Crippen molar-refractivity contribution >= 4 is 11.8 Å². The highest BCUT2D eigenvalue weighted by atomic mass is 16.2. The summed E-state index contributed by atoms with van der Waals surface area (Å²) >= 11 is 0. The third-order valence-corrected chi connectivity index (χ3v) is 6.38. The number of carbonyl (C=O) groups excluding carboxylic acids is 2. The molecule has 1 saturated carbocycles. The van der Waals surface area contributed by atoms with Crippen LogP contribution in [0, 0.1) is 23.7 Å². The predicted molar refractivity (Wildman–Crippen MR) is 121 cm³/mol. The molecule has 4 atom stereocenters. The zero-order valence-corrected chi connectivity index (χ0v) is 18.3. The summed E-state index contributed by atoms with van der Waals surface area (Å²) in [4.78, 5) is 25.9. The normalized spacial score (nSPS) is 22.3. The maximum atomic E-state index is 13.1. The van der Waals surface area contributed by atoms with E-state index in [-0.39, 0.29) is 23.8 Å². The second kappa shape index (κ2) is 10.4. The van der Waals surface area contributed by atoms with Crippen LogP contribution in [0.4, 0.5) is 0 Å². The van der Waals surface area contributed by atoms with Gasteiger partial charge in [-0.15, -0.1) is 0 Å². The van der Waals surface area contributed by atoms with Gasteiger partial charge in [0.2, 0.25) is 5.91 Å². The molecule has 0 spiro atoms. The van der Waals surface area contributed by atoms with Gasteiger partial charge < -0.3 is 10.6 Å². The average molecular weight is 407 g/mol. The molecule has 2 aromatic rings. The van der Waals surface area contributed by atoms with E-state index in [2.05, 4.69) is 31.4 Å². The lowest BCUT2D eigenvalue weighted by Gasteiger charge is -2.36. The Morgan fingerprint density at radius 3 is 2.23 bits per heavy atom. The molecule has 0 aromatic heterocycles. The highest BCUT2D eigenvalue weighted by molar-refractivity contribution is 5.94. The smallest absolute Gasteiger partial charge is 0.251 e. The third-order valence-electron chi connectivity index (χ3n) is 6.38. The van der Waals surface area contributed by atoms with Gasteiger partial charge in [0.25, 0.3) is 5.91 Å². The van der Waals surface area contributed by atoms with Gasteiger partial charge in [0, 0.05) is 18.0 Å². The lowest BCUT2D eigenvalue weighted by Crippen LogP contribution is -2.44. The largest absolute Gasteiger partial charge is 0.353 e. The van der Waals surface area contributed by atoms with Gasteiger partial charge >= 0.3 is 0 Å². The van der Waals surface area contributed by atoms with Gasteiger partial charge in [-0.3, -0.25) is 9.59 Å². The zero-order valence-electron chi connectivity index (χ0n) is 18.3. The van der Waals surface area contributed by atoms with Crippen LogP contribution in [-0.4, -0.2) is 18.4 Å². The third kappa shape index (κ3) is 5.71.